The van der Waals surface area contributed by atoms with Gasteiger partial charge in [0.2, 0.25) is 0 Å². The molecule has 0 aliphatic heterocycles. The van der Waals surface area contributed by atoms with E-state index in [9.17, 15) is 4.79 Å². The average Bonchev–Trinajstić information content (AvgIpc) is 2.02. The van der Waals surface area contributed by atoms with Gasteiger partial charge in [-0.1, -0.05) is 12.8 Å². The molecule has 0 bridgehead atoms. The summed E-state index contributed by atoms with van der Waals surface area (Å²) in [5.41, 5.74) is 0.783. The Balaban J connectivity index is 1.90. The summed E-state index contributed by atoms with van der Waals surface area (Å²) in [6.45, 7) is 0. The second kappa shape index (κ2) is 2.10. The molecule has 1 N–H and O–H groups in total. The van der Waals surface area contributed by atoms with E-state index in [4.69, 9.17) is 5.11 Å². The fraction of sp³-hybridized carbons (Fsp3) is 0.909. The molecule has 2 nitrogen and oxygen atoms in total. The molecule has 0 aromatic carbocycles. The van der Waals surface area contributed by atoms with Crippen molar-refractivity contribution in [1.82, 2.24) is 0 Å². The first kappa shape index (κ1) is 7.84. The normalized spacial score (nSPS) is 52.5. The van der Waals surface area contributed by atoms with Gasteiger partial charge in [0.15, 0.2) is 0 Å². The third-order valence-corrected chi connectivity index (χ3v) is 5.19. The second-order valence-electron chi connectivity index (χ2n) is 5.24. The van der Waals surface area contributed by atoms with Crippen LogP contribution < -0.4 is 0 Å². The van der Waals surface area contributed by atoms with E-state index in [1.807, 2.05) is 0 Å². The van der Waals surface area contributed by atoms with E-state index < -0.39 is 5.97 Å². The maximum absolute atomic E-state index is 11.0. The zero-order chi connectivity index (χ0) is 9.10. The average molecular weight is 180 g/mol. The molecule has 13 heavy (non-hydrogen) atoms. The second-order valence-corrected chi connectivity index (χ2v) is 5.24. The number of carboxylic acid groups (broad SMARTS) is 1. The molecule has 72 valence electrons. The minimum Gasteiger partial charge on any atom is -0.481 e. The van der Waals surface area contributed by atoms with Gasteiger partial charge in [-0.15, -0.1) is 0 Å². The molecule has 0 aromatic rings. The largest absolute Gasteiger partial charge is 0.481 e. The van der Waals surface area contributed by atoms with Crippen molar-refractivity contribution in [3.8, 4) is 0 Å². The zero-order valence-electron chi connectivity index (χ0n) is 7.88. The highest BCUT2D eigenvalue weighted by molar-refractivity contribution is 5.73. The summed E-state index contributed by atoms with van der Waals surface area (Å²) in [4.78, 5) is 11.0. The number of carbonyl (C=O) groups is 1. The highest BCUT2D eigenvalue weighted by Gasteiger charge is 2.72. The molecule has 1 unspecified atom stereocenters. The van der Waals surface area contributed by atoms with Crippen LogP contribution in [0.1, 0.15) is 44.9 Å². The van der Waals surface area contributed by atoms with Gasteiger partial charge >= 0.3 is 5.97 Å². The van der Waals surface area contributed by atoms with E-state index >= 15 is 0 Å². The molecule has 0 heterocycles. The number of rotatable bonds is 1. The molecule has 0 radical (unpaired) electrons. The molecule has 2 heteroatoms. The van der Waals surface area contributed by atoms with Gasteiger partial charge in [0.05, 0.1) is 5.92 Å². The molecule has 3 saturated carbocycles. The minimum atomic E-state index is -0.530. The van der Waals surface area contributed by atoms with Gasteiger partial charge in [-0.2, -0.15) is 0 Å². The number of carboxylic acids is 1. The van der Waals surface area contributed by atoms with Gasteiger partial charge in [0.25, 0.3) is 0 Å². The van der Waals surface area contributed by atoms with Crippen molar-refractivity contribution in [3.63, 3.8) is 0 Å². The standard InChI is InChI=1S/C11H16O2/c12-9(13)8-7-10-3-1-2-4-11(8,10)6-5-10/h8H,1-7H2,(H,12,13)/t8?,10-,11+/m0/s1. The molecule has 3 atom stereocenters. The molecule has 3 aliphatic carbocycles. The van der Waals surface area contributed by atoms with Gasteiger partial charge in [-0.25, -0.2) is 0 Å². The Hall–Kier alpha value is -0.530. The first-order valence-electron chi connectivity index (χ1n) is 5.43. The first-order chi connectivity index (χ1) is 6.20. The van der Waals surface area contributed by atoms with Gasteiger partial charge in [0.1, 0.15) is 0 Å². The molecule has 0 spiro atoms. The Morgan fingerprint density at radius 1 is 1.15 bits per heavy atom. The van der Waals surface area contributed by atoms with Crippen LogP contribution in [0.3, 0.4) is 0 Å². The number of hydrogen-bond acceptors (Lipinski definition) is 1. The van der Waals surface area contributed by atoms with Crippen molar-refractivity contribution in [2.24, 2.45) is 16.7 Å². The summed E-state index contributed by atoms with van der Waals surface area (Å²) >= 11 is 0. The van der Waals surface area contributed by atoms with Crippen molar-refractivity contribution < 1.29 is 9.90 Å². The molecule has 3 rings (SSSR count). The minimum absolute atomic E-state index is 0.0153. The predicted molar refractivity (Wildman–Crippen MR) is 48.3 cm³/mol. The van der Waals surface area contributed by atoms with Gasteiger partial charge in [0, 0.05) is 0 Å². The van der Waals surface area contributed by atoms with E-state index in [1.165, 1.54) is 38.5 Å². The maximum atomic E-state index is 11.0. The molecule has 3 aliphatic rings. The molecular weight excluding hydrogens is 164 g/mol. The van der Waals surface area contributed by atoms with Crippen LogP contribution >= 0.6 is 0 Å². The van der Waals surface area contributed by atoms with E-state index in [1.54, 1.807) is 0 Å². The highest BCUT2D eigenvalue weighted by atomic mass is 16.4. The molecule has 3 fully saturated rings. The number of hydrogen-bond donors (Lipinski definition) is 1. The Labute approximate surface area is 78.3 Å². The van der Waals surface area contributed by atoms with Crippen molar-refractivity contribution >= 4 is 5.97 Å². The zero-order valence-corrected chi connectivity index (χ0v) is 7.88. The molecular formula is C11H16O2. The Morgan fingerprint density at radius 2 is 1.92 bits per heavy atom. The Kier molecular flexibility index (Phi) is 1.27. The lowest BCUT2D eigenvalue weighted by molar-refractivity contribution is -0.256. The van der Waals surface area contributed by atoms with Crippen LogP contribution in [-0.2, 0) is 4.79 Å². The van der Waals surface area contributed by atoms with Crippen molar-refractivity contribution in [3.05, 3.63) is 0 Å². The van der Waals surface area contributed by atoms with Crippen molar-refractivity contribution in [2.75, 3.05) is 0 Å². The first-order valence-corrected chi connectivity index (χ1v) is 5.43. The number of aliphatic carboxylic acids is 1. The monoisotopic (exact) mass is 180 g/mol. The van der Waals surface area contributed by atoms with Crippen LogP contribution in [-0.4, -0.2) is 11.1 Å². The predicted octanol–water partition coefficient (Wildman–Crippen LogP) is 2.43. The van der Waals surface area contributed by atoms with E-state index in [0.717, 1.165) is 6.42 Å². The Bertz CT molecular complexity index is 273. The summed E-state index contributed by atoms with van der Waals surface area (Å²) in [5, 5.41) is 9.09. The third-order valence-electron chi connectivity index (χ3n) is 5.19. The van der Waals surface area contributed by atoms with Crippen molar-refractivity contribution in [2.45, 2.75) is 44.9 Å². The highest BCUT2D eigenvalue weighted by Crippen LogP contribution is 2.78. The SMILES string of the molecule is O=C(O)C1C[C@@]23CCCC[C@@]12CC3. The van der Waals surface area contributed by atoms with Crippen LogP contribution in [0, 0.1) is 16.7 Å². The quantitative estimate of drug-likeness (QED) is 0.673. The van der Waals surface area contributed by atoms with Crippen LogP contribution in [0.2, 0.25) is 0 Å². The summed E-state index contributed by atoms with van der Waals surface area (Å²) in [6.07, 6.45) is 8.63. The fourth-order valence-electron chi connectivity index (χ4n) is 4.37. The van der Waals surface area contributed by atoms with E-state index in [0.29, 0.717) is 5.41 Å². The Morgan fingerprint density at radius 3 is 2.46 bits per heavy atom. The van der Waals surface area contributed by atoms with Crippen molar-refractivity contribution in [1.29, 1.82) is 0 Å². The van der Waals surface area contributed by atoms with Crippen LogP contribution in [0.25, 0.3) is 0 Å². The summed E-state index contributed by atoms with van der Waals surface area (Å²) in [5.74, 6) is -0.515. The van der Waals surface area contributed by atoms with E-state index in [-0.39, 0.29) is 11.3 Å². The third kappa shape index (κ3) is 0.660. The van der Waals surface area contributed by atoms with Crippen LogP contribution in [0.4, 0.5) is 0 Å². The lowest BCUT2D eigenvalue weighted by Gasteiger charge is -2.73. The maximum Gasteiger partial charge on any atom is 0.307 e. The van der Waals surface area contributed by atoms with Crippen LogP contribution in [0.15, 0.2) is 0 Å². The van der Waals surface area contributed by atoms with E-state index in [2.05, 4.69) is 0 Å². The topological polar surface area (TPSA) is 37.3 Å². The fourth-order valence-corrected chi connectivity index (χ4v) is 4.37. The smallest absolute Gasteiger partial charge is 0.307 e. The van der Waals surface area contributed by atoms with Crippen LogP contribution in [0.5, 0.6) is 0 Å². The summed E-state index contributed by atoms with van der Waals surface area (Å²) < 4.78 is 0. The van der Waals surface area contributed by atoms with Gasteiger partial charge < -0.3 is 5.11 Å². The molecule has 0 aromatic heterocycles. The summed E-state index contributed by atoms with van der Waals surface area (Å²) in [7, 11) is 0. The molecule has 0 amide bonds. The lowest BCUT2D eigenvalue weighted by atomic mass is 9.30. The molecule has 0 saturated heterocycles. The van der Waals surface area contributed by atoms with Gasteiger partial charge in [-0.05, 0) is 42.9 Å². The lowest BCUT2D eigenvalue weighted by Crippen LogP contribution is -2.68. The van der Waals surface area contributed by atoms with Gasteiger partial charge in [-0.3, -0.25) is 4.79 Å². The summed E-state index contributed by atoms with van der Waals surface area (Å²) in [6, 6.07) is 0.